The first-order valence-electron chi connectivity index (χ1n) is 6.57. The summed E-state index contributed by atoms with van der Waals surface area (Å²) in [4.78, 5) is 11.9. The van der Waals surface area contributed by atoms with Gasteiger partial charge in [0.05, 0.1) is 10.7 Å². The monoisotopic (exact) mass is 304 g/mol. The number of halogens is 1. The van der Waals surface area contributed by atoms with Gasteiger partial charge in [-0.3, -0.25) is 4.79 Å². The van der Waals surface area contributed by atoms with Gasteiger partial charge in [0.1, 0.15) is 5.75 Å². The first-order chi connectivity index (χ1) is 10.1. The van der Waals surface area contributed by atoms with Crippen LogP contribution in [0.2, 0.25) is 5.02 Å². The molecule has 0 aliphatic rings. The molecule has 2 rings (SSSR count). The second-order valence-corrected chi connectivity index (χ2v) is 5.04. The smallest absolute Gasteiger partial charge is 0.262 e. The number of carbonyl (C=O) groups is 1. The van der Waals surface area contributed by atoms with Gasteiger partial charge >= 0.3 is 0 Å². The van der Waals surface area contributed by atoms with E-state index in [4.69, 9.17) is 22.1 Å². The van der Waals surface area contributed by atoms with Crippen molar-refractivity contribution < 1.29 is 9.53 Å². The lowest BCUT2D eigenvalue weighted by molar-refractivity contribution is -0.118. The molecular weight excluding hydrogens is 288 g/mol. The van der Waals surface area contributed by atoms with Crippen molar-refractivity contribution in [3.05, 3.63) is 58.6 Å². The maximum absolute atomic E-state index is 11.9. The van der Waals surface area contributed by atoms with Crippen LogP contribution in [-0.4, -0.2) is 12.5 Å². The molecule has 0 aromatic heterocycles. The number of ether oxygens (including phenoxy) is 1. The van der Waals surface area contributed by atoms with Crippen molar-refractivity contribution in [2.24, 2.45) is 5.73 Å². The average molecular weight is 305 g/mol. The molecule has 21 heavy (non-hydrogen) atoms. The minimum Gasteiger partial charge on any atom is -0.483 e. The van der Waals surface area contributed by atoms with E-state index in [2.05, 4.69) is 5.32 Å². The van der Waals surface area contributed by atoms with Gasteiger partial charge in [-0.15, -0.1) is 0 Å². The lowest BCUT2D eigenvalue weighted by atomic mass is 10.1. The maximum atomic E-state index is 11.9. The van der Waals surface area contributed by atoms with Crippen LogP contribution in [0.5, 0.6) is 5.75 Å². The van der Waals surface area contributed by atoms with Gasteiger partial charge in [-0.2, -0.15) is 0 Å². The van der Waals surface area contributed by atoms with Crippen molar-refractivity contribution in [3.63, 3.8) is 0 Å². The van der Waals surface area contributed by atoms with Gasteiger partial charge in [0.25, 0.3) is 5.91 Å². The van der Waals surface area contributed by atoms with Crippen LogP contribution < -0.4 is 15.8 Å². The molecule has 0 atom stereocenters. The van der Waals surface area contributed by atoms with Crippen LogP contribution in [0.3, 0.4) is 0 Å². The summed E-state index contributed by atoms with van der Waals surface area (Å²) in [5.41, 5.74) is 8.21. The normalized spacial score (nSPS) is 10.2. The lowest BCUT2D eigenvalue weighted by Crippen LogP contribution is -2.21. The Hall–Kier alpha value is -2.04. The van der Waals surface area contributed by atoms with Crippen LogP contribution in [0.15, 0.2) is 42.5 Å². The molecule has 0 aliphatic carbocycles. The molecule has 0 spiro atoms. The Labute approximate surface area is 128 Å². The standard InChI is InChI=1S/C16H17ClN2O2/c1-11-6-7-15(12(8-11)9-18)21-10-16(20)19-14-5-3-2-4-13(14)17/h2-8H,9-10,18H2,1H3,(H,19,20). The van der Waals surface area contributed by atoms with Gasteiger partial charge in [-0.1, -0.05) is 41.4 Å². The number of nitrogens with one attached hydrogen (secondary N) is 1. The zero-order valence-electron chi connectivity index (χ0n) is 11.7. The van der Waals surface area contributed by atoms with E-state index in [0.717, 1.165) is 11.1 Å². The molecule has 110 valence electrons. The van der Waals surface area contributed by atoms with E-state index in [0.29, 0.717) is 23.0 Å². The highest BCUT2D eigenvalue weighted by Gasteiger charge is 2.08. The molecule has 0 fully saturated rings. The number of benzene rings is 2. The number of para-hydroxylation sites is 1. The molecule has 0 unspecified atom stereocenters. The van der Waals surface area contributed by atoms with Gasteiger partial charge in [0, 0.05) is 12.1 Å². The van der Waals surface area contributed by atoms with Crippen molar-refractivity contribution in [1.29, 1.82) is 0 Å². The number of hydrogen-bond acceptors (Lipinski definition) is 3. The molecule has 0 aliphatic heterocycles. The van der Waals surface area contributed by atoms with Crippen LogP contribution in [0.25, 0.3) is 0 Å². The Morgan fingerprint density at radius 3 is 2.76 bits per heavy atom. The molecule has 0 saturated heterocycles. The summed E-state index contributed by atoms with van der Waals surface area (Å²) in [5, 5.41) is 3.19. The summed E-state index contributed by atoms with van der Waals surface area (Å²) < 4.78 is 5.52. The molecule has 0 bridgehead atoms. The number of amides is 1. The SMILES string of the molecule is Cc1ccc(OCC(=O)Nc2ccccc2Cl)c(CN)c1. The molecule has 0 saturated carbocycles. The van der Waals surface area contributed by atoms with Gasteiger partial charge in [-0.25, -0.2) is 0 Å². The lowest BCUT2D eigenvalue weighted by Gasteiger charge is -2.12. The van der Waals surface area contributed by atoms with Gasteiger partial charge in [-0.05, 0) is 25.1 Å². The molecule has 2 aromatic carbocycles. The number of aryl methyl sites for hydroxylation is 1. The molecule has 1 amide bonds. The zero-order valence-corrected chi connectivity index (χ0v) is 12.5. The third-order valence-corrected chi connectivity index (χ3v) is 3.27. The van der Waals surface area contributed by atoms with E-state index < -0.39 is 0 Å². The highest BCUT2D eigenvalue weighted by atomic mass is 35.5. The van der Waals surface area contributed by atoms with Crippen molar-refractivity contribution in [2.75, 3.05) is 11.9 Å². The molecule has 0 radical (unpaired) electrons. The zero-order chi connectivity index (χ0) is 15.2. The van der Waals surface area contributed by atoms with E-state index >= 15 is 0 Å². The second-order valence-electron chi connectivity index (χ2n) is 4.63. The summed E-state index contributed by atoms with van der Waals surface area (Å²) in [6.45, 7) is 2.25. The van der Waals surface area contributed by atoms with Crippen LogP contribution in [0.1, 0.15) is 11.1 Å². The van der Waals surface area contributed by atoms with E-state index in [-0.39, 0.29) is 12.5 Å². The molecule has 2 aromatic rings. The van der Waals surface area contributed by atoms with E-state index in [1.165, 1.54) is 0 Å². The Balaban J connectivity index is 1.97. The fourth-order valence-corrected chi connectivity index (χ4v) is 2.08. The predicted octanol–water partition coefficient (Wildman–Crippen LogP) is 3.12. The molecule has 0 heterocycles. The molecular formula is C16H17ClN2O2. The van der Waals surface area contributed by atoms with Gasteiger partial charge in [0.15, 0.2) is 6.61 Å². The topological polar surface area (TPSA) is 64.3 Å². The number of carbonyl (C=O) groups excluding carboxylic acids is 1. The van der Waals surface area contributed by atoms with Crippen LogP contribution in [0.4, 0.5) is 5.69 Å². The Kier molecular flexibility index (Phi) is 5.20. The number of hydrogen-bond donors (Lipinski definition) is 2. The van der Waals surface area contributed by atoms with Crippen LogP contribution in [0, 0.1) is 6.92 Å². The van der Waals surface area contributed by atoms with Crippen molar-refractivity contribution >= 4 is 23.2 Å². The van der Waals surface area contributed by atoms with Crippen molar-refractivity contribution in [1.82, 2.24) is 0 Å². The number of rotatable bonds is 5. The third-order valence-electron chi connectivity index (χ3n) is 2.94. The Bertz CT molecular complexity index is 644. The minimum absolute atomic E-state index is 0.0959. The summed E-state index contributed by atoms with van der Waals surface area (Å²) in [5.74, 6) is 0.351. The van der Waals surface area contributed by atoms with Crippen LogP contribution >= 0.6 is 11.6 Å². The van der Waals surface area contributed by atoms with Gasteiger partial charge in [0.2, 0.25) is 0 Å². The molecule has 4 nitrogen and oxygen atoms in total. The third kappa shape index (κ3) is 4.21. The van der Waals surface area contributed by atoms with Crippen LogP contribution in [-0.2, 0) is 11.3 Å². The first kappa shape index (κ1) is 15.4. The van der Waals surface area contributed by atoms with E-state index in [9.17, 15) is 4.79 Å². The fourth-order valence-electron chi connectivity index (χ4n) is 1.90. The summed E-state index contributed by atoms with van der Waals surface area (Å²) in [6, 6.07) is 12.7. The predicted molar refractivity (Wildman–Crippen MR) is 84.6 cm³/mol. The largest absolute Gasteiger partial charge is 0.483 e. The summed E-state index contributed by atoms with van der Waals surface area (Å²) in [6.07, 6.45) is 0. The number of anilines is 1. The van der Waals surface area contributed by atoms with Crippen molar-refractivity contribution in [3.8, 4) is 5.75 Å². The van der Waals surface area contributed by atoms with Crippen molar-refractivity contribution in [2.45, 2.75) is 13.5 Å². The Morgan fingerprint density at radius 1 is 1.29 bits per heavy atom. The Morgan fingerprint density at radius 2 is 2.05 bits per heavy atom. The molecule has 3 N–H and O–H groups in total. The van der Waals surface area contributed by atoms with E-state index in [1.807, 2.05) is 25.1 Å². The minimum atomic E-state index is -0.272. The van der Waals surface area contributed by atoms with Gasteiger partial charge < -0.3 is 15.8 Å². The molecule has 5 heteroatoms. The number of nitrogens with two attached hydrogens (primary N) is 1. The summed E-state index contributed by atoms with van der Waals surface area (Å²) in [7, 11) is 0. The van der Waals surface area contributed by atoms with E-state index in [1.54, 1.807) is 24.3 Å². The highest BCUT2D eigenvalue weighted by molar-refractivity contribution is 6.33. The summed E-state index contributed by atoms with van der Waals surface area (Å²) >= 11 is 5.98. The fraction of sp³-hybridized carbons (Fsp3) is 0.188. The maximum Gasteiger partial charge on any atom is 0.262 e. The second kappa shape index (κ2) is 7.11. The highest BCUT2D eigenvalue weighted by Crippen LogP contribution is 2.21. The quantitative estimate of drug-likeness (QED) is 0.892. The average Bonchev–Trinajstić information content (AvgIpc) is 2.48. The first-order valence-corrected chi connectivity index (χ1v) is 6.94.